The highest BCUT2D eigenvalue weighted by molar-refractivity contribution is 5.94. The summed E-state index contributed by atoms with van der Waals surface area (Å²) in [6.07, 6.45) is 0. The SMILES string of the molecule is COc1ccc(CN(C)C(C)C(=O)Nc2ccc(C#N)cc2)cc1. The normalized spacial score (nSPS) is 11.6. The summed E-state index contributed by atoms with van der Waals surface area (Å²) in [4.78, 5) is 14.3. The molecule has 1 unspecified atom stereocenters. The Bertz CT molecular complexity index is 718. The first-order valence-corrected chi connectivity index (χ1v) is 7.67. The van der Waals surface area contributed by atoms with Gasteiger partial charge >= 0.3 is 0 Å². The highest BCUT2D eigenvalue weighted by atomic mass is 16.5. The molecule has 1 atom stereocenters. The number of hydrogen-bond donors (Lipinski definition) is 1. The molecule has 0 saturated carbocycles. The molecule has 0 aliphatic rings. The van der Waals surface area contributed by atoms with Crippen molar-refractivity contribution in [3.8, 4) is 11.8 Å². The molecule has 0 bridgehead atoms. The van der Waals surface area contributed by atoms with Gasteiger partial charge in [-0.15, -0.1) is 0 Å². The number of nitrogens with zero attached hydrogens (tertiary/aromatic N) is 2. The van der Waals surface area contributed by atoms with Gasteiger partial charge in [-0.1, -0.05) is 12.1 Å². The number of amides is 1. The van der Waals surface area contributed by atoms with E-state index in [9.17, 15) is 4.79 Å². The Morgan fingerprint density at radius 2 is 1.83 bits per heavy atom. The Morgan fingerprint density at radius 3 is 2.38 bits per heavy atom. The quantitative estimate of drug-likeness (QED) is 0.887. The van der Waals surface area contributed by atoms with Gasteiger partial charge < -0.3 is 10.1 Å². The van der Waals surface area contributed by atoms with Crippen molar-refractivity contribution in [2.45, 2.75) is 19.5 Å². The third-order valence-corrected chi connectivity index (χ3v) is 3.91. The van der Waals surface area contributed by atoms with Crippen molar-refractivity contribution in [3.63, 3.8) is 0 Å². The van der Waals surface area contributed by atoms with Crippen LogP contribution < -0.4 is 10.1 Å². The van der Waals surface area contributed by atoms with Crippen molar-refractivity contribution < 1.29 is 9.53 Å². The molecule has 2 aromatic rings. The fraction of sp³-hybridized carbons (Fsp3) is 0.263. The summed E-state index contributed by atoms with van der Waals surface area (Å²) >= 11 is 0. The van der Waals surface area contributed by atoms with Crippen LogP contribution in [0.2, 0.25) is 0 Å². The number of carbonyl (C=O) groups is 1. The lowest BCUT2D eigenvalue weighted by molar-refractivity contribution is -0.120. The monoisotopic (exact) mass is 323 g/mol. The van der Waals surface area contributed by atoms with E-state index in [2.05, 4.69) is 11.4 Å². The highest BCUT2D eigenvalue weighted by Crippen LogP contribution is 2.14. The molecule has 1 N–H and O–H groups in total. The van der Waals surface area contributed by atoms with Gasteiger partial charge in [-0.2, -0.15) is 5.26 Å². The summed E-state index contributed by atoms with van der Waals surface area (Å²) in [5.41, 5.74) is 2.36. The van der Waals surface area contributed by atoms with Gasteiger partial charge in [0.15, 0.2) is 0 Å². The van der Waals surface area contributed by atoms with Gasteiger partial charge in [-0.05, 0) is 55.9 Å². The zero-order chi connectivity index (χ0) is 17.5. The Kier molecular flexibility index (Phi) is 5.94. The number of ether oxygens (including phenoxy) is 1. The Balaban J connectivity index is 1.94. The van der Waals surface area contributed by atoms with E-state index in [1.807, 2.05) is 43.1 Å². The predicted octanol–water partition coefficient (Wildman–Crippen LogP) is 3.03. The van der Waals surface area contributed by atoms with Crippen LogP contribution in [0.5, 0.6) is 5.75 Å². The van der Waals surface area contributed by atoms with Gasteiger partial charge in [0.1, 0.15) is 5.75 Å². The van der Waals surface area contributed by atoms with E-state index < -0.39 is 0 Å². The molecule has 124 valence electrons. The summed E-state index contributed by atoms with van der Waals surface area (Å²) in [5, 5.41) is 11.7. The molecule has 2 aromatic carbocycles. The number of methoxy groups -OCH3 is 1. The smallest absolute Gasteiger partial charge is 0.241 e. The molecule has 1 amide bonds. The Labute approximate surface area is 142 Å². The molecule has 0 aromatic heterocycles. The maximum atomic E-state index is 12.4. The summed E-state index contributed by atoms with van der Waals surface area (Å²) < 4.78 is 5.14. The summed E-state index contributed by atoms with van der Waals surface area (Å²) in [7, 11) is 3.55. The van der Waals surface area contributed by atoms with E-state index in [1.54, 1.807) is 31.4 Å². The molecular formula is C19H21N3O2. The van der Waals surface area contributed by atoms with Crippen LogP contribution in [0.25, 0.3) is 0 Å². The lowest BCUT2D eigenvalue weighted by Gasteiger charge is -2.24. The third-order valence-electron chi connectivity index (χ3n) is 3.91. The van der Waals surface area contributed by atoms with Crippen LogP contribution in [-0.2, 0) is 11.3 Å². The molecule has 0 heterocycles. The average molecular weight is 323 g/mol. The van der Waals surface area contributed by atoms with Gasteiger partial charge in [0.05, 0.1) is 24.8 Å². The number of carbonyl (C=O) groups excluding carboxylic acids is 1. The minimum Gasteiger partial charge on any atom is -0.497 e. The first kappa shape index (κ1) is 17.5. The van der Waals surface area contributed by atoms with Crippen LogP contribution >= 0.6 is 0 Å². The van der Waals surface area contributed by atoms with E-state index in [4.69, 9.17) is 10.00 Å². The average Bonchev–Trinajstić information content (AvgIpc) is 2.62. The van der Waals surface area contributed by atoms with Crippen molar-refractivity contribution in [3.05, 3.63) is 59.7 Å². The number of rotatable bonds is 6. The third kappa shape index (κ3) is 4.58. The molecule has 5 heteroatoms. The molecule has 0 spiro atoms. The van der Waals surface area contributed by atoms with Crippen molar-refractivity contribution in [1.82, 2.24) is 4.90 Å². The Morgan fingerprint density at radius 1 is 1.21 bits per heavy atom. The second kappa shape index (κ2) is 8.14. The van der Waals surface area contributed by atoms with Crippen molar-refractivity contribution in [2.75, 3.05) is 19.5 Å². The van der Waals surface area contributed by atoms with Crippen LogP contribution in [-0.4, -0.2) is 31.0 Å². The fourth-order valence-electron chi connectivity index (χ4n) is 2.23. The zero-order valence-corrected chi connectivity index (χ0v) is 14.1. The maximum Gasteiger partial charge on any atom is 0.241 e. The largest absolute Gasteiger partial charge is 0.497 e. The first-order chi connectivity index (χ1) is 11.5. The van der Waals surface area contributed by atoms with Crippen LogP contribution in [0, 0.1) is 11.3 Å². The molecule has 0 saturated heterocycles. The van der Waals surface area contributed by atoms with Gasteiger partial charge in [0.2, 0.25) is 5.91 Å². The van der Waals surface area contributed by atoms with Gasteiger partial charge in [0.25, 0.3) is 0 Å². The predicted molar refractivity (Wildman–Crippen MR) is 93.7 cm³/mol. The van der Waals surface area contributed by atoms with Crippen LogP contribution in [0.3, 0.4) is 0 Å². The van der Waals surface area contributed by atoms with Crippen molar-refractivity contribution in [1.29, 1.82) is 5.26 Å². The number of likely N-dealkylation sites (N-methyl/N-ethyl adjacent to an activating group) is 1. The molecule has 24 heavy (non-hydrogen) atoms. The first-order valence-electron chi connectivity index (χ1n) is 7.67. The minimum absolute atomic E-state index is 0.0873. The van der Waals surface area contributed by atoms with Crippen LogP contribution in [0.4, 0.5) is 5.69 Å². The molecule has 5 nitrogen and oxygen atoms in total. The van der Waals surface area contributed by atoms with Crippen LogP contribution in [0.15, 0.2) is 48.5 Å². The lowest BCUT2D eigenvalue weighted by atomic mass is 10.1. The van der Waals surface area contributed by atoms with Crippen LogP contribution in [0.1, 0.15) is 18.1 Å². The van der Waals surface area contributed by atoms with E-state index in [0.717, 1.165) is 11.3 Å². The zero-order valence-electron chi connectivity index (χ0n) is 14.1. The van der Waals surface area contributed by atoms with Crippen molar-refractivity contribution in [2.24, 2.45) is 0 Å². The molecule has 0 aliphatic heterocycles. The number of nitriles is 1. The molecule has 0 radical (unpaired) electrons. The number of anilines is 1. The molecular weight excluding hydrogens is 302 g/mol. The van der Waals surface area contributed by atoms with Gasteiger partial charge in [0, 0.05) is 12.2 Å². The molecule has 0 fully saturated rings. The fourth-order valence-corrected chi connectivity index (χ4v) is 2.23. The van der Waals surface area contributed by atoms with Gasteiger partial charge in [-0.25, -0.2) is 0 Å². The minimum atomic E-state index is -0.289. The lowest BCUT2D eigenvalue weighted by Crippen LogP contribution is -2.39. The highest BCUT2D eigenvalue weighted by Gasteiger charge is 2.18. The number of hydrogen-bond acceptors (Lipinski definition) is 4. The van der Waals surface area contributed by atoms with E-state index in [0.29, 0.717) is 17.8 Å². The number of benzene rings is 2. The standard InChI is InChI=1S/C19H21N3O2/c1-14(19(23)21-17-8-4-15(12-20)5-9-17)22(2)13-16-6-10-18(24-3)11-7-16/h4-11,14H,13H2,1-3H3,(H,21,23). The summed E-state index contributed by atoms with van der Waals surface area (Å²) in [6, 6.07) is 16.4. The van der Waals surface area contributed by atoms with E-state index in [1.165, 1.54) is 0 Å². The van der Waals surface area contributed by atoms with Gasteiger partial charge in [-0.3, -0.25) is 9.69 Å². The van der Waals surface area contributed by atoms with E-state index in [-0.39, 0.29) is 11.9 Å². The van der Waals surface area contributed by atoms with Crippen molar-refractivity contribution >= 4 is 11.6 Å². The summed E-state index contributed by atoms with van der Waals surface area (Å²) in [6.45, 7) is 2.52. The topological polar surface area (TPSA) is 65.4 Å². The van der Waals surface area contributed by atoms with E-state index >= 15 is 0 Å². The second-order valence-electron chi connectivity index (χ2n) is 5.62. The molecule has 2 rings (SSSR count). The Hall–Kier alpha value is -2.84. The number of nitrogens with one attached hydrogen (secondary N) is 1. The maximum absolute atomic E-state index is 12.4. The molecule has 0 aliphatic carbocycles. The summed E-state index contributed by atoms with van der Waals surface area (Å²) in [5.74, 6) is 0.726. The second-order valence-corrected chi connectivity index (χ2v) is 5.62.